The molecular formula is C7H13ClO3S2. The molecule has 0 aliphatic carbocycles. The lowest BCUT2D eigenvalue weighted by molar-refractivity contribution is 0.0203. The van der Waals surface area contributed by atoms with Crippen molar-refractivity contribution in [2.75, 3.05) is 24.4 Å². The van der Waals surface area contributed by atoms with Crippen LogP contribution in [0.15, 0.2) is 0 Å². The normalized spacial score (nSPS) is 30.3. The molecular weight excluding hydrogens is 232 g/mol. The topological polar surface area (TPSA) is 43.4 Å². The van der Waals surface area contributed by atoms with E-state index in [1.54, 1.807) is 18.9 Å². The SMILES string of the molecule is COC1(CS(=O)(=O)Cl)CCCSC1. The largest absolute Gasteiger partial charge is 0.376 e. The lowest BCUT2D eigenvalue weighted by atomic mass is 10.0. The van der Waals surface area contributed by atoms with Crippen molar-refractivity contribution < 1.29 is 13.2 Å². The van der Waals surface area contributed by atoms with Crippen molar-refractivity contribution in [1.29, 1.82) is 0 Å². The third-order valence-corrected chi connectivity index (χ3v) is 4.66. The Labute approximate surface area is 87.6 Å². The molecule has 1 aliphatic rings. The maximum absolute atomic E-state index is 10.9. The smallest absolute Gasteiger partial charge is 0.235 e. The predicted octanol–water partition coefficient (Wildman–Crippen LogP) is 1.47. The molecule has 13 heavy (non-hydrogen) atoms. The molecule has 0 aromatic carbocycles. The number of methoxy groups -OCH3 is 1. The van der Waals surface area contributed by atoms with Gasteiger partial charge < -0.3 is 4.74 Å². The molecule has 1 unspecified atom stereocenters. The fourth-order valence-electron chi connectivity index (χ4n) is 1.47. The van der Waals surface area contributed by atoms with Gasteiger partial charge in [-0.3, -0.25) is 0 Å². The highest BCUT2D eigenvalue weighted by Gasteiger charge is 2.36. The average Bonchev–Trinajstić information content (AvgIpc) is 2.03. The van der Waals surface area contributed by atoms with Crippen molar-refractivity contribution in [3.05, 3.63) is 0 Å². The molecule has 1 atom stereocenters. The fraction of sp³-hybridized carbons (Fsp3) is 1.00. The Balaban J connectivity index is 2.68. The first kappa shape index (κ1) is 11.6. The summed E-state index contributed by atoms with van der Waals surface area (Å²) in [4.78, 5) is 0. The van der Waals surface area contributed by atoms with Crippen LogP contribution >= 0.6 is 22.4 Å². The molecule has 0 bridgehead atoms. The van der Waals surface area contributed by atoms with E-state index in [0.717, 1.165) is 24.3 Å². The molecule has 6 heteroatoms. The van der Waals surface area contributed by atoms with E-state index in [1.165, 1.54) is 0 Å². The van der Waals surface area contributed by atoms with E-state index < -0.39 is 14.7 Å². The highest BCUT2D eigenvalue weighted by atomic mass is 35.7. The molecule has 1 heterocycles. The fourth-order valence-corrected chi connectivity index (χ4v) is 4.42. The molecule has 0 saturated carbocycles. The average molecular weight is 245 g/mol. The summed E-state index contributed by atoms with van der Waals surface area (Å²) in [6.07, 6.45) is 1.77. The van der Waals surface area contributed by atoms with Gasteiger partial charge in [-0.1, -0.05) is 0 Å². The van der Waals surface area contributed by atoms with Crippen LogP contribution in [0.2, 0.25) is 0 Å². The van der Waals surface area contributed by atoms with Crippen molar-refractivity contribution in [2.24, 2.45) is 0 Å². The van der Waals surface area contributed by atoms with Gasteiger partial charge in [0.1, 0.15) is 0 Å². The Morgan fingerprint density at radius 2 is 2.31 bits per heavy atom. The van der Waals surface area contributed by atoms with E-state index in [9.17, 15) is 8.42 Å². The van der Waals surface area contributed by atoms with Crippen LogP contribution < -0.4 is 0 Å². The summed E-state index contributed by atoms with van der Waals surface area (Å²) < 4.78 is 27.1. The van der Waals surface area contributed by atoms with Crippen LogP contribution in [0.1, 0.15) is 12.8 Å². The number of hydrogen-bond donors (Lipinski definition) is 0. The van der Waals surface area contributed by atoms with Crippen LogP contribution in [0.3, 0.4) is 0 Å². The minimum Gasteiger partial charge on any atom is -0.376 e. The van der Waals surface area contributed by atoms with Gasteiger partial charge in [-0.2, -0.15) is 11.8 Å². The Hall–Kier alpha value is 0.550. The van der Waals surface area contributed by atoms with E-state index in [2.05, 4.69) is 0 Å². The molecule has 1 aliphatic heterocycles. The molecule has 0 aromatic heterocycles. The second-order valence-electron chi connectivity index (χ2n) is 3.23. The van der Waals surface area contributed by atoms with E-state index in [-0.39, 0.29) is 5.75 Å². The first-order chi connectivity index (χ1) is 5.97. The van der Waals surface area contributed by atoms with Gasteiger partial charge in [0.15, 0.2) is 0 Å². The van der Waals surface area contributed by atoms with Crippen molar-refractivity contribution in [1.82, 2.24) is 0 Å². The lowest BCUT2D eigenvalue weighted by Gasteiger charge is -2.34. The molecule has 0 amide bonds. The van der Waals surface area contributed by atoms with Gasteiger partial charge in [0.2, 0.25) is 9.05 Å². The van der Waals surface area contributed by atoms with Gasteiger partial charge >= 0.3 is 0 Å². The summed E-state index contributed by atoms with van der Waals surface area (Å²) in [5, 5.41) is 0. The Kier molecular flexibility index (Phi) is 3.92. The monoisotopic (exact) mass is 244 g/mol. The summed E-state index contributed by atoms with van der Waals surface area (Å²) in [7, 11) is 3.31. The number of ether oxygens (including phenoxy) is 1. The lowest BCUT2D eigenvalue weighted by Crippen LogP contribution is -2.42. The minimum atomic E-state index is -3.46. The summed E-state index contributed by atoms with van der Waals surface area (Å²) in [5.41, 5.74) is -0.552. The standard InChI is InChI=1S/C7H13ClO3S2/c1-11-7(6-13(8,9)10)3-2-4-12-5-7/h2-6H2,1H3. The molecule has 78 valence electrons. The second-order valence-corrected chi connectivity index (χ2v) is 7.11. The summed E-state index contributed by atoms with van der Waals surface area (Å²) in [6.45, 7) is 0. The summed E-state index contributed by atoms with van der Waals surface area (Å²) in [6, 6.07) is 0. The van der Waals surface area contributed by atoms with Crippen molar-refractivity contribution in [3.63, 3.8) is 0 Å². The van der Waals surface area contributed by atoms with Crippen LogP contribution in [0, 0.1) is 0 Å². The third kappa shape index (κ3) is 3.65. The van der Waals surface area contributed by atoms with Crippen molar-refractivity contribution >= 4 is 31.5 Å². The maximum atomic E-state index is 10.9. The minimum absolute atomic E-state index is 0.0783. The van der Waals surface area contributed by atoms with Crippen molar-refractivity contribution in [2.45, 2.75) is 18.4 Å². The molecule has 1 saturated heterocycles. The van der Waals surface area contributed by atoms with Crippen LogP contribution in [0.5, 0.6) is 0 Å². The molecule has 0 radical (unpaired) electrons. The zero-order valence-corrected chi connectivity index (χ0v) is 9.84. The number of thioether (sulfide) groups is 1. The second kappa shape index (κ2) is 4.38. The molecule has 3 nitrogen and oxygen atoms in total. The Bertz CT molecular complexity index is 257. The quantitative estimate of drug-likeness (QED) is 0.706. The molecule has 0 N–H and O–H groups in total. The van der Waals surface area contributed by atoms with Gasteiger partial charge in [0.05, 0.1) is 11.4 Å². The molecule has 0 spiro atoms. The van der Waals surface area contributed by atoms with Crippen LogP contribution in [0.25, 0.3) is 0 Å². The van der Waals surface area contributed by atoms with E-state index in [0.29, 0.717) is 0 Å². The Morgan fingerprint density at radius 3 is 2.69 bits per heavy atom. The van der Waals surface area contributed by atoms with E-state index in [4.69, 9.17) is 15.4 Å². The zero-order chi connectivity index (χ0) is 9.95. The van der Waals surface area contributed by atoms with Crippen LogP contribution in [-0.2, 0) is 13.8 Å². The number of hydrogen-bond acceptors (Lipinski definition) is 4. The van der Waals surface area contributed by atoms with E-state index in [1.807, 2.05) is 0 Å². The highest BCUT2D eigenvalue weighted by molar-refractivity contribution is 8.13. The molecule has 0 aromatic rings. The van der Waals surface area contributed by atoms with Gasteiger partial charge in [-0.25, -0.2) is 8.42 Å². The van der Waals surface area contributed by atoms with Gasteiger partial charge in [-0.15, -0.1) is 0 Å². The maximum Gasteiger partial charge on any atom is 0.235 e. The highest BCUT2D eigenvalue weighted by Crippen LogP contribution is 2.31. The number of halogens is 1. The predicted molar refractivity (Wildman–Crippen MR) is 55.9 cm³/mol. The Morgan fingerprint density at radius 1 is 1.62 bits per heavy atom. The van der Waals surface area contributed by atoms with Crippen LogP contribution in [-0.4, -0.2) is 38.4 Å². The first-order valence-corrected chi connectivity index (χ1v) is 7.66. The molecule has 1 rings (SSSR count). The van der Waals surface area contributed by atoms with E-state index >= 15 is 0 Å². The van der Waals surface area contributed by atoms with Gasteiger partial charge in [0, 0.05) is 23.5 Å². The summed E-state index contributed by atoms with van der Waals surface area (Å²) in [5.74, 6) is 1.72. The zero-order valence-electron chi connectivity index (χ0n) is 7.45. The van der Waals surface area contributed by atoms with Gasteiger partial charge in [0.25, 0.3) is 0 Å². The van der Waals surface area contributed by atoms with Crippen LogP contribution in [0.4, 0.5) is 0 Å². The van der Waals surface area contributed by atoms with Crippen molar-refractivity contribution in [3.8, 4) is 0 Å². The summed E-state index contributed by atoms with van der Waals surface area (Å²) >= 11 is 1.72. The third-order valence-electron chi connectivity index (χ3n) is 2.15. The first-order valence-electron chi connectivity index (χ1n) is 4.03. The number of rotatable bonds is 3. The van der Waals surface area contributed by atoms with Gasteiger partial charge in [-0.05, 0) is 18.6 Å². The molecule has 1 fully saturated rings.